The van der Waals surface area contributed by atoms with Crippen molar-refractivity contribution < 1.29 is 76.5 Å². The largest absolute Gasteiger partial charge is 0.457 e. The second-order valence-corrected chi connectivity index (χ2v) is 21.9. The summed E-state index contributed by atoms with van der Waals surface area (Å²) in [5.74, 6) is -4.20. The van der Waals surface area contributed by atoms with E-state index in [2.05, 4.69) is 0 Å². The molecule has 22 heteroatoms. The molecule has 6 aliphatic rings. The Labute approximate surface area is 520 Å². The summed E-state index contributed by atoms with van der Waals surface area (Å²) < 4.78 is 24.2. The Morgan fingerprint density at radius 1 is 0.217 bits per heavy atom. The molecule has 22 nitrogen and oxygen atoms in total. The van der Waals surface area contributed by atoms with E-state index in [0.717, 1.165) is 76.0 Å². The van der Waals surface area contributed by atoms with Crippen LogP contribution in [0.25, 0.3) is 0 Å². The van der Waals surface area contributed by atoms with Gasteiger partial charge in [-0.2, -0.15) is 0 Å². The molecule has 12 amide bonds. The number of carbonyl (C=O) groups is 12. The maximum atomic E-state index is 13.7. The van der Waals surface area contributed by atoms with Gasteiger partial charge in [-0.15, -0.1) is 0 Å². The topological polar surface area (TPSA) is 261 Å². The van der Waals surface area contributed by atoms with Crippen LogP contribution in [0, 0.1) is 0 Å². The van der Waals surface area contributed by atoms with Crippen molar-refractivity contribution in [2.75, 3.05) is 26.4 Å². The highest BCUT2D eigenvalue weighted by atomic mass is 16.5. The highest BCUT2D eigenvalue weighted by Crippen LogP contribution is 2.36. The molecule has 0 fully saturated rings. The molecule has 6 aliphatic heterocycles. The Morgan fingerprint density at radius 2 is 0.424 bits per heavy atom. The van der Waals surface area contributed by atoms with Crippen LogP contribution < -0.4 is 18.9 Å². The Bertz CT molecular complexity index is 4360. The van der Waals surface area contributed by atoms with Crippen LogP contribution in [0.15, 0.2) is 194 Å². The average molecular weight is 1230 g/mol. The zero-order chi connectivity index (χ0) is 63.6. The Hall–Kier alpha value is -12.7. The number of ether oxygens (including phenoxy) is 4. The molecule has 0 aromatic heterocycles. The van der Waals surface area contributed by atoms with Crippen LogP contribution in [-0.2, 0) is 32.0 Å². The van der Waals surface area contributed by atoms with Gasteiger partial charge in [0.15, 0.2) is 0 Å². The monoisotopic (exact) mass is 1220 g/mol. The third kappa shape index (κ3) is 10.6. The summed E-state index contributed by atoms with van der Waals surface area (Å²) in [4.78, 5) is 160. The van der Waals surface area contributed by atoms with E-state index in [-0.39, 0.29) is 57.6 Å². The Kier molecular flexibility index (Phi) is 14.1. The highest BCUT2D eigenvalue weighted by molar-refractivity contribution is 6.25. The standard InChI is InChI=1S/C70H44N6O16/c77-59-25-26-60(78)73(59)37-75-65(83)53-23-19-49(35-57(53)69(75)87)91-45-13-5-41(6-14-45)31-39-1-9-43(10-2-39)89-47-17-21-51-55(33-47)67(85)71(63(51)81)29-30-72-64(82)52-22-18-48(34-56(52)68(72)86)90-44-11-3-40(4-12-44)32-42-7-15-46(16-8-42)92-50-20-24-54-58(36-50)70(88)76(66(54)84)38-74-61(79)27-28-62(74)80/h1-28,33-36H,29-32,37-38H2. The number of fused-ring (bicyclic) bond motifs is 4. The molecule has 0 atom stereocenters. The van der Waals surface area contributed by atoms with Gasteiger partial charge in [-0.1, -0.05) is 48.5 Å². The molecule has 0 saturated heterocycles. The Morgan fingerprint density at radius 3 is 0.674 bits per heavy atom. The number of nitrogens with zero attached hydrogens (tertiary/aromatic N) is 6. The van der Waals surface area contributed by atoms with Crippen LogP contribution in [0.3, 0.4) is 0 Å². The smallest absolute Gasteiger partial charge is 0.263 e. The molecule has 0 aliphatic carbocycles. The molecule has 6 heterocycles. The van der Waals surface area contributed by atoms with Crippen molar-refractivity contribution in [3.63, 3.8) is 0 Å². The van der Waals surface area contributed by atoms with Crippen molar-refractivity contribution in [3.05, 3.63) is 261 Å². The van der Waals surface area contributed by atoms with E-state index in [1.165, 1.54) is 48.5 Å². The molecule has 0 bridgehead atoms. The van der Waals surface area contributed by atoms with Gasteiger partial charge in [-0.3, -0.25) is 86.9 Å². The van der Waals surface area contributed by atoms with E-state index in [1.807, 2.05) is 48.5 Å². The summed E-state index contributed by atoms with van der Waals surface area (Å²) in [6.07, 6.45) is 5.43. The second kappa shape index (κ2) is 22.8. The first kappa shape index (κ1) is 57.0. The summed E-state index contributed by atoms with van der Waals surface area (Å²) in [6.45, 7) is -1.48. The van der Waals surface area contributed by atoms with Crippen LogP contribution >= 0.6 is 0 Å². The van der Waals surface area contributed by atoms with Crippen molar-refractivity contribution >= 4 is 70.9 Å². The zero-order valence-corrected chi connectivity index (χ0v) is 47.9. The fourth-order valence-electron chi connectivity index (χ4n) is 11.3. The lowest BCUT2D eigenvalue weighted by Crippen LogP contribution is -2.43. The van der Waals surface area contributed by atoms with Crippen molar-refractivity contribution in [3.8, 4) is 46.0 Å². The number of hydrogen-bond acceptors (Lipinski definition) is 16. The molecular weight excluding hydrogens is 1180 g/mol. The Balaban J connectivity index is 0.535. The fraction of sp³-hybridized carbons (Fsp3) is 0.0857. The molecule has 0 radical (unpaired) electrons. The molecule has 0 saturated carbocycles. The van der Waals surface area contributed by atoms with Crippen LogP contribution in [0.5, 0.6) is 46.0 Å². The molecule has 8 aromatic carbocycles. The van der Waals surface area contributed by atoms with Crippen LogP contribution in [0.2, 0.25) is 0 Å². The molecule has 0 spiro atoms. The SMILES string of the molecule is O=C1C=CC(=O)N1CN1C(=O)c2ccc(Oc3ccc(Cc4ccc(Oc5ccc6c(c5)C(=O)N(CCN5C(=O)c7ccc(Oc8ccc(Cc9ccc(Oc%10ccc%11c(c%10)C(=O)N(CN%10C(=O)C=CC%10=O)C%11=O)cc9)cc8)cc7C5=O)C6=O)cc4)cc3)cc2C1=O. The van der Waals surface area contributed by atoms with Gasteiger partial charge in [0, 0.05) is 37.4 Å². The first-order chi connectivity index (χ1) is 44.5. The molecular formula is C70H44N6O16. The molecule has 0 unspecified atom stereocenters. The quantitative estimate of drug-likeness (QED) is 0.0684. The highest BCUT2D eigenvalue weighted by Gasteiger charge is 2.43. The maximum absolute atomic E-state index is 13.7. The lowest BCUT2D eigenvalue weighted by atomic mass is 10.0. The van der Waals surface area contributed by atoms with Crippen LogP contribution in [0.4, 0.5) is 0 Å². The minimum absolute atomic E-state index is 0.0929. The molecule has 8 aromatic rings. The van der Waals surface area contributed by atoms with Gasteiger partial charge >= 0.3 is 0 Å². The van der Waals surface area contributed by atoms with Gasteiger partial charge in [0.2, 0.25) is 0 Å². The lowest BCUT2D eigenvalue weighted by Gasteiger charge is -2.20. The van der Waals surface area contributed by atoms with E-state index in [1.54, 1.807) is 72.8 Å². The molecule has 14 rings (SSSR count). The average Bonchev–Trinajstić information content (AvgIpc) is 1.65. The lowest BCUT2D eigenvalue weighted by molar-refractivity contribution is -0.139. The summed E-state index contributed by atoms with van der Waals surface area (Å²) in [7, 11) is 0. The summed E-state index contributed by atoms with van der Waals surface area (Å²) in [5, 5.41) is 0. The minimum Gasteiger partial charge on any atom is -0.457 e. The van der Waals surface area contributed by atoms with E-state index >= 15 is 0 Å². The van der Waals surface area contributed by atoms with E-state index in [4.69, 9.17) is 18.9 Å². The summed E-state index contributed by atoms with van der Waals surface area (Å²) >= 11 is 0. The normalized spacial score (nSPS) is 15.5. The summed E-state index contributed by atoms with van der Waals surface area (Å²) in [5.41, 5.74) is 4.83. The zero-order valence-electron chi connectivity index (χ0n) is 47.9. The number of rotatable bonds is 19. The predicted octanol–water partition coefficient (Wildman–Crippen LogP) is 8.89. The van der Waals surface area contributed by atoms with Gasteiger partial charge in [-0.25, -0.2) is 0 Å². The molecule has 450 valence electrons. The van der Waals surface area contributed by atoms with Gasteiger partial charge < -0.3 is 18.9 Å². The van der Waals surface area contributed by atoms with Gasteiger partial charge in [0.05, 0.1) is 44.5 Å². The first-order valence-electron chi connectivity index (χ1n) is 28.6. The minimum atomic E-state index is -0.650. The van der Waals surface area contributed by atoms with Gasteiger partial charge in [0.25, 0.3) is 70.9 Å². The molecule has 0 N–H and O–H groups in total. The molecule has 92 heavy (non-hydrogen) atoms. The number of carbonyl (C=O) groups excluding carboxylic acids is 12. The fourth-order valence-corrected chi connectivity index (χ4v) is 11.3. The third-order valence-electron chi connectivity index (χ3n) is 16.1. The van der Waals surface area contributed by atoms with Crippen molar-refractivity contribution in [2.45, 2.75) is 12.8 Å². The van der Waals surface area contributed by atoms with E-state index in [9.17, 15) is 57.5 Å². The second-order valence-electron chi connectivity index (χ2n) is 21.9. The predicted molar refractivity (Wildman–Crippen MR) is 321 cm³/mol. The van der Waals surface area contributed by atoms with Crippen LogP contribution in [0.1, 0.15) is 105 Å². The maximum Gasteiger partial charge on any atom is 0.263 e. The number of amides is 12. The first-order valence-corrected chi connectivity index (χ1v) is 28.6. The third-order valence-corrected chi connectivity index (χ3v) is 16.1. The number of hydrogen-bond donors (Lipinski definition) is 0. The van der Waals surface area contributed by atoms with Gasteiger partial charge in [-0.05, 0) is 156 Å². The number of imide groups is 6. The van der Waals surface area contributed by atoms with E-state index < -0.39 is 84.2 Å². The van der Waals surface area contributed by atoms with E-state index in [0.29, 0.717) is 58.8 Å². The van der Waals surface area contributed by atoms with Crippen LogP contribution in [-0.4, -0.2) is 127 Å². The van der Waals surface area contributed by atoms with Crippen molar-refractivity contribution in [2.24, 2.45) is 0 Å². The van der Waals surface area contributed by atoms with Crippen molar-refractivity contribution in [1.29, 1.82) is 0 Å². The number of benzene rings is 8. The van der Waals surface area contributed by atoms with Crippen molar-refractivity contribution in [1.82, 2.24) is 29.4 Å². The summed E-state index contributed by atoms with van der Waals surface area (Å²) in [6, 6.07) is 47.3. The van der Waals surface area contributed by atoms with Gasteiger partial charge in [0.1, 0.15) is 59.3 Å².